The highest BCUT2D eigenvalue weighted by Crippen LogP contribution is 2.36. The number of carbonyl (C=O) groups is 1. The van der Waals surface area contributed by atoms with Gasteiger partial charge in [-0.05, 0) is 26.3 Å². The van der Waals surface area contributed by atoms with Crippen molar-refractivity contribution in [1.29, 1.82) is 0 Å². The number of benzene rings is 1. The van der Waals surface area contributed by atoms with Crippen molar-refractivity contribution in [1.82, 2.24) is 20.6 Å². The summed E-state index contributed by atoms with van der Waals surface area (Å²) in [6, 6.07) is 9.21. The van der Waals surface area contributed by atoms with E-state index in [0.29, 0.717) is 18.8 Å². The second kappa shape index (κ2) is 8.91. The molecule has 2 N–H and O–H groups in total. The van der Waals surface area contributed by atoms with Crippen LogP contribution in [0.15, 0.2) is 30.3 Å². The zero-order valence-electron chi connectivity index (χ0n) is 15.8. The molecule has 0 saturated carbocycles. The fourth-order valence-corrected chi connectivity index (χ4v) is 3.38. The van der Waals surface area contributed by atoms with E-state index in [4.69, 9.17) is 4.74 Å². The van der Waals surface area contributed by atoms with Gasteiger partial charge in [-0.1, -0.05) is 30.3 Å². The predicted octanol–water partition coefficient (Wildman–Crippen LogP) is 2.04. The van der Waals surface area contributed by atoms with Crippen LogP contribution < -0.4 is 10.9 Å². The van der Waals surface area contributed by atoms with Gasteiger partial charge in [-0.25, -0.2) is 0 Å². The van der Waals surface area contributed by atoms with Crippen LogP contribution >= 0.6 is 0 Å². The number of halogens is 1. The lowest BCUT2D eigenvalue weighted by atomic mass is 9.74. The molecular formula is C19H27FN4O2. The van der Waals surface area contributed by atoms with Gasteiger partial charge in [-0.2, -0.15) is 10.6 Å². The van der Waals surface area contributed by atoms with Gasteiger partial charge in [0, 0.05) is 31.5 Å². The fraction of sp³-hybridized carbons (Fsp3) is 0.474. The van der Waals surface area contributed by atoms with Crippen LogP contribution in [-0.4, -0.2) is 42.5 Å². The minimum Gasteiger partial charge on any atom is -0.383 e. The second-order valence-electron chi connectivity index (χ2n) is 6.43. The molecule has 0 spiro atoms. The average Bonchev–Trinajstić information content (AvgIpc) is 2.94. The number of nitrogens with one attached hydrogen (secondary N) is 2. The normalized spacial score (nSPS) is 13.4. The van der Waals surface area contributed by atoms with E-state index in [1.165, 1.54) is 5.54 Å². The number of nitrogens with zero attached hydrogens (tertiary/aromatic N) is 2. The third kappa shape index (κ3) is 3.94. The molecule has 0 aliphatic heterocycles. The van der Waals surface area contributed by atoms with Crippen LogP contribution in [0, 0.1) is 13.8 Å². The summed E-state index contributed by atoms with van der Waals surface area (Å²) >= 11 is 0. The molecule has 1 unspecified atom stereocenters. The Morgan fingerprint density at radius 1 is 1.27 bits per heavy atom. The Bertz CT molecular complexity index is 733. The number of carbonyl (C=O) groups excluding carboxylic acids is 1. The number of ether oxygens (including phenoxy) is 1. The van der Waals surface area contributed by atoms with Crippen molar-refractivity contribution in [3.63, 3.8) is 0 Å². The quantitative estimate of drug-likeness (QED) is 0.529. The van der Waals surface area contributed by atoms with Gasteiger partial charge >= 0.3 is 0 Å². The highest BCUT2D eigenvalue weighted by Gasteiger charge is 2.41. The van der Waals surface area contributed by atoms with Gasteiger partial charge in [0.15, 0.2) is 0 Å². The van der Waals surface area contributed by atoms with E-state index in [9.17, 15) is 9.28 Å². The first-order valence-electron chi connectivity index (χ1n) is 8.67. The standard InChI is InChI=1S/C19H27FN4O2/c1-14-17(15(2)24(23-14)12-10-21-11-13-26-4)19(3,18(25)22-20)16-8-6-5-7-9-16/h5-9,21H,10-13H2,1-4H3,(H,22,25). The minimum absolute atomic E-state index is 0.644. The molecule has 7 heteroatoms. The van der Waals surface area contributed by atoms with Gasteiger partial charge < -0.3 is 10.1 Å². The molecule has 1 heterocycles. The van der Waals surface area contributed by atoms with Crippen LogP contribution in [0.3, 0.4) is 0 Å². The molecule has 142 valence electrons. The van der Waals surface area contributed by atoms with Crippen LogP contribution in [0.4, 0.5) is 4.48 Å². The van der Waals surface area contributed by atoms with E-state index >= 15 is 0 Å². The average molecular weight is 362 g/mol. The minimum atomic E-state index is -1.16. The number of methoxy groups -OCH3 is 1. The second-order valence-corrected chi connectivity index (χ2v) is 6.43. The smallest absolute Gasteiger partial charge is 0.262 e. The van der Waals surface area contributed by atoms with Gasteiger partial charge in [0.1, 0.15) is 5.41 Å². The lowest BCUT2D eigenvalue weighted by Gasteiger charge is -2.28. The van der Waals surface area contributed by atoms with E-state index in [-0.39, 0.29) is 0 Å². The number of aryl methyl sites for hydroxylation is 1. The monoisotopic (exact) mass is 362 g/mol. The van der Waals surface area contributed by atoms with Crippen LogP contribution in [-0.2, 0) is 21.5 Å². The third-order valence-electron chi connectivity index (χ3n) is 4.76. The van der Waals surface area contributed by atoms with Crippen molar-refractivity contribution in [2.45, 2.75) is 32.7 Å². The summed E-state index contributed by atoms with van der Waals surface area (Å²) in [6.45, 7) is 8.27. The van der Waals surface area contributed by atoms with E-state index in [1.54, 1.807) is 14.0 Å². The van der Waals surface area contributed by atoms with Gasteiger partial charge in [-0.3, -0.25) is 9.48 Å². The first-order chi connectivity index (χ1) is 12.5. The largest absolute Gasteiger partial charge is 0.383 e. The number of hydrogen-bond donors (Lipinski definition) is 2. The first-order valence-corrected chi connectivity index (χ1v) is 8.67. The molecule has 0 fully saturated rings. The third-order valence-corrected chi connectivity index (χ3v) is 4.76. The molecule has 0 saturated heterocycles. The summed E-state index contributed by atoms with van der Waals surface area (Å²) in [5, 5.41) is 7.85. The maximum Gasteiger partial charge on any atom is 0.262 e. The van der Waals surface area contributed by atoms with E-state index in [2.05, 4.69) is 10.4 Å². The molecule has 1 aromatic carbocycles. The fourth-order valence-electron chi connectivity index (χ4n) is 3.38. The summed E-state index contributed by atoms with van der Waals surface area (Å²) in [5.41, 5.74) is 3.19. The summed E-state index contributed by atoms with van der Waals surface area (Å²) in [6.07, 6.45) is 0. The lowest BCUT2D eigenvalue weighted by Crippen LogP contribution is -2.41. The summed E-state index contributed by atoms with van der Waals surface area (Å²) in [7, 11) is 1.66. The van der Waals surface area contributed by atoms with Crippen molar-refractivity contribution in [2.75, 3.05) is 26.8 Å². The van der Waals surface area contributed by atoms with Crippen LogP contribution in [0.25, 0.3) is 0 Å². The Hall–Kier alpha value is -2.25. The van der Waals surface area contributed by atoms with Gasteiger partial charge in [0.2, 0.25) is 0 Å². The van der Waals surface area contributed by atoms with Crippen molar-refractivity contribution in [2.24, 2.45) is 0 Å². The molecule has 0 aliphatic rings. The zero-order valence-corrected chi connectivity index (χ0v) is 15.8. The van der Waals surface area contributed by atoms with E-state index in [0.717, 1.165) is 29.9 Å². The molecule has 0 aliphatic carbocycles. The molecule has 0 radical (unpaired) electrons. The highest BCUT2D eigenvalue weighted by molar-refractivity contribution is 5.91. The van der Waals surface area contributed by atoms with Crippen molar-refractivity contribution in [3.05, 3.63) is 52.8 Å². The summed E-state index contributed by atoms with van der Waals surface area (Å²) in [4.78, 5) is 12.5. The van der Waals surface area contributed by atoms with Crippen LogP contribution in [0.1, 0.15) is 29.4 Å². The van der Waals surface area contributed by atoms with Crippen LogP contribution in [0.5, 0.6) is 0 Å². The Morgan fingerprint density at radius 3 is 2.58 bits per heavy atom. The van der Waals surface area contributed by atoms with Crippen LogP contribution in [0.2, 0.25) is 0 Å². The maximum atomic E-state index is 13.2. The Morgan fingerprint density at radius 2 is 1.96 bits per heavy atom. The number of rotatable bonds is 9. The summed E-state index contributed by atoms with van der Waals surface area (Å²) in [5.74, 6) is -0.701. The van der Waals surface area contributed by atoms with Crippen molar-refractivity contribution < 1.29 is 14.0 Å². The molecule has 26 heavy (non-hydrogen) atoms. The molecule has 1 atom stereocenters. The predicted molar refractivity (Wildman–Crippen MR) is 98.6 cm³/mol. The Kier molecular flexibility index (Phi) is 6.88. The molecular weight excluding hydrogens is 335 g/mol. The molecule has 2 rings (SSSR count). The van der Waals surface area contributed by atoms with Gasteiger partial charge in [0.25, 0.3) is 5.91 Å². The SMILES string of the molecule is COCCNCCn1nc(C)c(C(C)(C(=O)NF)c2ccccc2)c1C. The number of hydrogen-bond acceptors (Lipinski definition) is 4. The van der Waals surface area contributed by atoms with Crippen molar-refractivity contribution in [3.8, 4) is 0 Å². The number of amides is 1. The Balaban J connectivity index is 2.36. The highest BCUT2D eigenvalue weighted by atomic mass is 19.2. The zero-order chi connectivity index (χ0) is 19.2. The molecule has 0 bridgehead atoms. The molecule has 1 amide bonds. The maximum absolute atomic E-state index is 13.2. The van der Waals surface area contributed by atoms with E-state index < -0.39 is 11.3 Å². The molecule has 1 aromatic heterocycles. The topological polar surface area (TPSA) is 68.2 Å². The van der Waals surface area contributed by atoms with Gasteiger partial charge in [-0.15, -0.1) is 4.48 Å². The lowest BCUT2D eigenvalue weighted by molar-refractivity contribution is -0.129. The molecule has 2 aromatic rings. The first kappa shape index (κ1) is 20.1. The van der Waals surface area contributed by atoms with Crippen molar-refractivity contribution >= 4 is 5.91 Å². The Labute approximate surface area is 153 Å². The van der Waals surface area contributed by atoms with Gasteiger partial charge in [0.05, 0.1) is 18.8 Å². The molecule has 6 nitrogen and oxygen atoms in total. The number of aromatic nitrogens is 2. The summed E-state index contributed by atoms with van der Waals surface area (Å²) < 4.78 is 20.1. The van der Waals surface area contributed by atoms with E-state index in [1.807, 2.05) is 48.9 Å².